The van der Waals surface area contributed by atoms with E-state index in [-0.39, 0.29) is 0 Å². The lowest BCUT2D eigenvalue weighted by atomic mass is 10.1. The zero-order chi connectivity index (χ0) is 14.4. The van der Waals surface area contributed by atoms with Gasteiger partial charge in [0.2, 0.25) is 6.29 Å². The summed E-state index contributed by atoms with van der Waals surface area (Å²) >= 11 is -2.33. The molecule has 0 fully saturated rings. The Kier molecular flexibility index (Phi) is 5.29. The molecule has 0 saturated heterocycles. The normalized spacial score (nSPS) is 13.7. The van der Waals surface area contributed by atoms with Crippen LogP contribution in [-0.4, -0.2) is 15.1 Å². The van der Waals surface area contributed by atoms with Gasteiger partial charge in [0.15, 0.2) is 0 Å². The molecule has 0 aromatic heterocycles. The van der Waals surface area contributed by atoms with E-state index in [1.165, 1.54) is 0 Å². The number of ether oxygens (including phenoxy) is 1. The molecule has 0 saturated carbocycles. The van der Waals surface area contributed by atoms with E-state index in [9.17, 15) is 4.21 Å². The van der Waals surface area contributed by atoms with Gasteiger partial charge in [0.05, 0.1) is 0 Å². The lowest BCUT2D eigenvalue weighted by Gasteiger charge is -2.15. The Morgan fingerprint density at radius 2 is 1.65 bits per heavy atom. The van der Waals surface area contributed by atoms with Crippen molar-refractivity contribution in [3.63, 3.8) is 0 Å². The van der Waals surface area contributed by atoms with E-state index in [2.05, 4.69) is 0 Å². The van der Waals surface area contributed by atoms with Crippen LogP contribution in [0.4, 0.5) is 0 Å². The number of benzene rings is 2. The fourth-order valence-electron chi connectivity index (χ4n) is 1.77. The highest BCUT2D eigenvalue weighted by atomic mass is 32.2. The molecule has 5 heteroatoms. The van der Waals surface area contributed by atoms with E-state index in [0.29, 0.717) is 12.2 Å². The summed E-state index contributed by atoms with van der Waals surface area (Å²) < 4.78 is 29.5. The van der Waals surface area contributed by atoms with E-state index in [1.54, 1.807) is 0 Å². The lowest BCUT2D eigenvalue weighted by Crippen LogP contribution is -2.20. The molecule has 2 atom stereocenters. The van der Waals surface area contributed by atoms with Crippen LogP contribution >= 0.6 is 0 Å². The summed E-state index contributed by atoms with van der Waals surface area (Å²) in [6.07, 6.45) is -0.254. The number of hydrogen-bond acceptors (Lipinski definition) is 3. The molecule has 0 aliphatic rings. The van der Waals surface area contributed by atoms with Crippen LogP contribution in [0.25, 0.3) is 11.1 Å². The molecule has 0 heterocycles. The first-order valence-electron chi connectivity index (χ1n) is 6.29. The zero-order valence-electron chi connectivity index (χ0n) is 11.1. The number of rotatable bonds is 6. The van der Waals surface area contributed by atoms with Gasteiger partial charge in [0.1, 0.15) is 5.75 Å². The zero-order valence-corrected chi connectivity index (χ0v) is 11.9. The van der Waals surface area contributed by atoms with Crippen LogP contribution in [-0.2, 0) is 15.5 Å². The first-order chi connectivity index (χ1) is 9.69. The molecule has 2 aromatic carbocycles. The van der Waals surface area contributed by atoms with E-state index in [1.807, 2.05) is 61.5 Å². The summed E-state index contributed by atoms with van der Waals surface area (Å²) in [6.45, 7) is 1.82. The van der Waals surface area contributed by atoms with Gasteiger partial charge in [-0.25, -0.2) is 4.18 Å². The molecule has 0 aliphatic carbocycles. The van der Waals surface area contributed by atoms with E-state index >= 15 is 0 Å². The second-order valence-electron chi connectivity index (χ2n) is 4.16. The largest absolute Gasteiger partial charge is 0.464 e. The first kappa shape index (κ1) is 14.7. The Morgan fingerprint density at radius 1 is 1.05 bits per heavy atom. The van der Waals surface area contributed by atoms with Gasteiger partial charge in [-0.2, -0.15) is 4.21 Å². The molecule has 0 radical (unpaired) electrons. The molecule has 2 aromatic rings. The molecular formula is C15H16O4S. The quantitative estimate of drug-likeness (QED) is 0.652. The molecule has 0 spiro atoms. The minimum absolute atomic E-state index is 0.479. The monoisotopic (exact) mass is 292 g/mol. The Morgan fingerprint density at radius 3 is 2.20 bits per heavy atom. The molecule has 0 bridgehead atoms. The third kappa shape index (κ3) is 4.16. The predicted octanol–water partition coefficient (Wildman–Crippen LogP) is 3.62. The molecule has 4 nitrogen and oxygen atoms in total. The minimum atomic E-state index is -2.33. The summed E-state index contributed by atoms with van der Waals surface area (Å²) in [7, 11) is 0. The van der Waals surface area contributed by atoms with Crippen LogP contribution in [0.2, 0.25) is 0 Å². The number of hydrogen-bond donors (Lipinski definition) is 1. The van der Waals surface area contributed by atoms with Gasteiger partial charge in [0, 0.05) is 6.42 Å². The van der Waals surface area contributed by atoms with Crippen LogP contribution in [0.15, 0.2) is 54.6 Å². The van der Waals surface area contributed by atoms with Crippen molar-refractivity contribution in [3.05, 3.63) is 54.6 Å². The van der Waals surface area contributed by atoms with Crippen molar-refractivity contribution in [2.24, 2.45) is 0 Å². The summed E-state index contributed by atoms with van der Waals surface area (Å²) in [5, 5.41) is 0. The van der Waals surface area contributed by atoms with Crippen molar-refractivity contribution in [1.82, 2.24) is 0 Å². The van der Waals surface area contributed by atoms with Crippen LogP contribution in [0, 0.1) is 0 Å². The second kappa shape index (κ2) is 7.19. The van der Waals surface area contributed by atoms with Gasteiger partial charge in [-0.3, -0.25) is 4.55 Å². The van der Waals surface area contributed by atoms with Gasteiger partial charge in [-0.05, 0) is 23.3 Å². The summed E-state index contributed by atoms with van der Waals surface area (Å²) in [6, 6.07) is 17.5. The van der Waals surface area contributed by atoms with E-state index < -0.39 is 17.7 Å². The Bertz CT molecular complexity index is 554. The second-order valence-corrected chi connectivity index (χ2v) is 4.79. The highest BCUT2D eigenvalue weighted by molar-refractivity contribution is 7.74. The van der Waals surface area contributed by atoms with Crippen LogP contribution in [0.5, 0.6) is 5.75 Å². The maximum absolute atomic E-state index is 10.6. The maximum Gasteiger partial charge on any atom is 0.305 e. The third-order valence-electron chi connectivity index (χ3n) is 2.75. The van der Waals surface area contributed by atoms with Crippen LogP contribution in [0.1, 0.15) is 13.3 Å². The van der Waals surface area contributed by atoms with Crippen molar-refractivity contribution >= 4 is 11.4 Å². The van der Waals surface area contributed by atoms with Gasteiger partial charge in [-0.15, -0.1) is 0 Å². The standard InChI is InChI=1S/C15H16O4S/c1-2-15(19-20(16)17)18-14-10-8-13(9-11-14)12-6-4-3-5-7-12/h3-11,15H,2H2,1H3,(H,16,17). The topological polar surface area (TPSA) is 55.8 Å². The fourth-order valence-corrected chi connectivity index (χ4v) is 2.13. The summed E-state index contributed by atoms with van der Waals surface area (Å²) in [5.74, 6) is 0.599. The molecular weight excluding hydrogens is 276 g/mol. The average Bonchev–Trinajstić information content (AvgIpc) is 2.48. The smallest absolute Gasteiger partial charge is 0.305 e. The molecule has 0 amide bonds. The van der Waals surface area contributed by atoms with E-state index in [0.717, 1.165) is 11.1 Å². The maximum atomic E-state index is 10.6. The Balaban J connectivity index is 2.06. The lowest BCUT2D eigenvalue weighted by molar-refractivity contribution is 0.00765. The van der Waals surface area contributed by atoms with Crippen molar-refractivity contribution in [3.8, 4) is 16.9 Å². The highest BCUT2D eigenvalue weighted by Crippen LogP contribution is 2.23. The summed E-state index contributed by atoms with van der Waals surface area (Å²) in [4.78, 5) is 0. The minimum Gasteiger partial charge on any atom is -0.464 e. The highest BCUT2D eigenvalue weighted by Gasteiger charge is 2.11. The van der Waals surface area contributed by atoms with Crippen molar-refractivity contribution < 1.29 is 17.7 Å². The molecule has 1 N–H and O–H groups in total. The fraction of sp³-hybridized carbons (Fsp3) is 0.200. The summed E-state index contributed by atoms with van der Waals surface area (Å²) in [5.41, 5.74) is 2.21. The van der Waals surface area contributed by atoms with Crippen molar-refractivity contribution in [1.29, 1.82) is 0 Å². The van der Waals surface area contributed by atoms with Gasteiger partial charge < -0.3 is 4.74 Å². The van der Waals surface area contributed by atoms with E-state index in [4.69, 9.17) is 13.5 Å². The molecule has 20 heavy (non-hydrogen) atoms. The van der Waals surface area contributed by atoms with Crippen LogP contribution < -0.4 is 4.74 Å². The molecule has 106 valence electrons. The molecule has 0 aliphatic heterocycles. The Hall–Kier alpha value is -1.69. The SMILES string of the molecule is CCC(Oc1ccc(-c2ccccc2)cc1)OS(=O)O. The van der Waals surface area contributed by atoms with Gasteiger partial charge in [0.25, 0.3) is 0 Å². The third-order valence-corrected chi connectivity index (χ3v) is 3.13. The molecule has 2 rings (SSSR count). The van der Waals surface area contributed by atoms with Gasteiger partial charge in [-0.1, -0.05) is 49.4 Å². The predicted molar refractivity (Wildman–Crippen MR) is 78.4 cm³/mol. The Labute approximate surface area is 120 Å². The van der Waals surface area contributed by atoms with Gasteiger partial charge >= 0.3 is 11.4 Å². The van der Waals surface area contributed by atoms with Crippen LogP contribution in [0.3, 0.4) is 0 Å². The molecule has 2 unspecified atom stereocenters. The van der Waals surface area contributed by atoms with Crippen molar-refractivity contribution in [2.75, 3.05) is 0 Å². The first-order valence-corrected chi connectivity index (χ1v) is 7.32. The average molecular weight is 292 g/mol. The van der Waals surface area contributed by atoms with Crippen molar-refractivity contribution in [2.45, 2.75) is 19.6 Å².